The van der Waals surface area contributed by atoms with Crippen LogP contribution < -0.4 is 4.74 Å². The predicted octanol–water partition coefficient (Wildman–Crippen LogP) is 5.09. The Morgan fingerprint density at radius 3 is 2.81 bits per heavy atom. The number of hydrogen-bond acceptors (Lipinski definition) is 5. The first kappa shape index (κ1) is 16.4. The molecule has 0 saturated heterocycles. The van der Waals surface area contributed by atoms with E-state index in [1.807, 2.05) is 53.1 Å². The third kappa shape index (κ3) is 2.84. The van der Waals surface area contributed by atoms with Crippen molar-refractivity contribution in [3.05, 3.63) is 65.9 Å². The van der Waals surface area contributed by atoms with Crippen molar-refractivity contribution in [2.75, 3.05) is 6.61 Å². The number of thiazole rings is 1. The van der Waals surface area contributed by atoms with Gasteiger partial charge in [-0.1, -0.05) is 6.58 Å². The van der Waals surface area contributed by atoms with Crippen LogP contribution in [0, 0.1) is 0 Å². The highest BCUT2D eigenvalue weighted by Crippen LogP contribution is 2.33. The van der Waals surface area contributed by atoms with Gasteiger partial charge in [0.15, 0.2) is 17.0 Å². The second kappa shape index (κ2) is 6.65. The zero-order chi connectivity index (χ0) is 18.1. The van der Waals surface area contributed by atoms with E-state index in [2.05, 4.69) is 11.6 Å². The molecule has 4 rings (SSSR count). The van der Waals surface area contributed by atoms with Gasteiger partial charge in [0.05, 0.1) is 6.26 Å². The topological polar surface area (TPSA) is 56.7 Å². The van der Waals surface area contributed by atoms with E-state index in [4.69, 9.17) is 9.15 Å². The van der Waals surface area contributed by atoms with E-state index >= 15 is 0 Å². The van der Waals surface area contributed by atoms with Crippen LogP contribution in [0.25, 0.3) is 27.7 Å². The van der Waals surface area contributed by atoms with Gasteiger partial charge in [0.25, 0.3) is 0 Å². The first-order valence-electron chi connectivity index (χ1n) is 8.04. The van der Waals surface area contributed by atoms with Gasteiger partial charge in [-0.2, -0.15) is 0 Å². The summed E-state index contributed by atoms with van der Waals surface area (Å²) >= 11 is 1.47. The molecule has 0 bridgehead atoms. The third-order valence-corrected chi connectivity index (χ3v) is 4.72. The van der Waals surface area contributed by atoms with Crippen LogP contribution in [0.2, 0.25) is 0 Å². The highest BCUT2D eigenvalue weighted by molar-refractivity contribution is 7.15. The van der Waals surface area contributed by atoms with E-state index in [1.54, 1.807) is 6.26 Å². The first-order valence-corrected chi connectivity index (χ1v) is 8.92. The molecule has 3 aromatic heterocycles. The van der Waals surface area contributed by atoms with Crippen molar-refractivity contribution in [1.29, 1.82) is 0 Å². The zero-order valence-electron chi connectivity index (χ0n) is 14.1. The highest BCUT2D eigenvalue weighted by Gasteiger charge is 2.19. The first-order chi connectivity index (χ1) is 12.7. The van der Waals surface area contributed by atoms with Crippen molar-refractivity contribution in [1.82, 2.24) is 9.38 Å². The minimum absolute atomic E-state index is 0.478. The van der Waals surface area contributed by atoms with Crippen LogP contribution in [0.15, 0.2) is 64.6 Å². The van der Waals surface area contributed by atoms with Gasteiger partial charge in [-0.05, 0) is 48.9 Å². The Bertz CT molecular complexity index is 1070. The molecule has 0 unspecified atom stereocenters. The van der Waals surface area contributed by atoms with Crippen LogP contribution in [0.5, 0.6) is 5.75 Å². The number of furan rings is 1. The van der Waals surface area contributed by atoms with E-state index in [0.29, 0.717) is 23.8 Å². The molecule has 0 aliphatic rings. The normalized spacial score (nSPS) is 11.0. The molecule has 0 atom stereocenters. The Labute approximate surface area is 154 Å². The number of fused-ring (bicyclic) bond motifs is 1. The molecule has 0 aliphatic carbocycles. The van der Waals surface area contributed by atoms with Crippen LogP contribution in [0.3, 0.4) is 0 Å². The molecule has 0 amide bonds. The molecule has 0 spiro atoms. The quantitative estimate of drug-likeness (QED) is 0.353. The van der Waals surface area contributed by atoms with Crippen LogP contribution in [0.1, 0.15) is 17.4 Å². The number of benzene rings is 1. The Hall–Kier alpha value is -3.12. The summed E-state index contributed by atoms with van der Waals surface area (Å²) < 4.78 is 12.9. The van der Waals surface area contributed by atoms with Gasteiger partial charge >= 0.3 is 0 Å². The molecule has 5 nitrogen and oxygen atoms in total. The van der Waals surface area contributed by atoms with Gasteiger partial charge < -0.3 is 9.15 Å². The summed E-state index contributed by atoms with van der Waals surface area (Å²) in [6.07, 6.45) is 2.45. The van der Waals surface area contributed by atoms with Gasteiger partial charge in [-0.15, -0.1) is 11.3 Å². The molecular formula is C20H16N2O3S. The molecular weight excluding hydrogens is 348 g/mol. The lowest BCUT2D eigenvalue weighted by atomic mass is 10.1. The van der Waals surface area contributed by atoms with Gasteiger partial charge in [0.2, 0.25) is 0 Å². The summed E-state index contributed by atoms with van der Waals surface area (Å²) in [5, 5.41) is 1.94. The number of aldehydes is 1. The second-order valence-electron chi connectivity index (χ2n) is 5.95. The Morgan fingerprint density at radius 2 is 2.15 bits per heavy atom. The Balaban J connectivity index is 1.75. The Morgan fingerprint density at radius 1 is 1.35 bits per heavy atom. The van der Waals surface area contributed by atoms with Gasteiger partial charge in [0.1, 0.15) is 29.4 Å². The molecule has 6 heteroatoms. The van der Waals surface area contributed by atoms with E-state index in [0.717, 1.165) is 33.8 Å². The summed E-state index contributed by atoms with van der Waals surface area (Å²) in [6, 6.07) is 11.2. The highest BCUT2D eigenvalue weighted by atomic mass is 32.1. The SMILES string of the molecule is C=C(C)COc1ccc(-c2nc3scc(-c4ccco4)n3c2C=O)cc1. The summed E-state index contributed by atoms with van der Waals surface area (Å²) in [4.78, 5) is 17.2. The van der Waals surface area contributed by atoms with Gasteiger partial charge in [0, 0.05) is 10.9 Å². The van der Waals surface area contributed by atoms with Gasteiger partial charge in [-0.3, -0.25) is 9.20 Å². The summed E-state index contributed by atoms with van der Waals surface area (Å²) in [6.45, 7) is 6.22. The number of carbonyl (C=O) groups excluding carboxylic acids is 1. The Kier molecular flexibility index (Phi) is 4.18. The fraction of sp³-hybridized carbons (Fsp3) is 0.100. The lowest BCUT2D eigenvalue weighted by Crippen LogP contribution is -1.97. The zero-order valence-corrected chi connectivity index (χ0v) is 15.0. The average molecular weight is 364 g/mol. The number of carbonyl (C=O) groups is 1. The molecule has 0 fully saturated rings. The molecule has 3 heterocycles. The molecule has 0 N–H and O–H groups in total. The molecule has 26 heavy (non-hydrogen) atoms. The number of hydrogen-bond donors (Lipinski definition) is 0. The lowest BCUT2D eigenvalue weighted by molar-refractivity contribution is 0.111. The maximum absolute atomic E-state index is 11.8. The van der Waals surface area contributed by atoms with Crippen molar-refractivity contribution < 1.29 is 13.9 Å². The van der Waals surface area contributed by atoms with Crippen molar-refractivity contribution in [3.63, 3.8) is 0 Å². The number of aromatic nitrogens is 2. The van der Waals surface area contributed by atoms with Crippen molar-refractivity contribution in [2.45, 2.75) is 6.92 Å². The maximum Gasteiger partial charge on any atom is 0.195 e. The number of ether oxygens (including phenoxy) is 1. The second-order valence-corrected chi connectivity index (χ2v) is 6.79. The molecule has 130 valence electrons. The average Bonchev–Trinajstić information content (AvgIpc) is 3.36. The summed E-state index contributed by atoms with van der Waals surface area (Å²) in [5.74, 6) is 1.45. The number of imidazole rings is 1. The fourth-order valence-electron chi connectivity index (χ4n) is 2.71. The van der Waals surface area contributed by atoms with Gasteiger partial charge in [-0.25, -0.2) is 4.98 Å². The minimum Gasteiger partial charge on any atom is -0.489 e. The van der Waals surface area contributed by atoms with Crippen LogP contribution in [-0.2, 0) is 0 Å². The summed E-state index contributed by atoms with van der Waals surface area (Å²) in [7, 11) is 0. The standard InChI is InChI=1S/C20H16N2O3S/c1-13(2)11-25-15-7-5-14(6-8-15)19-16(10-23)22-17(12-26-20(22)21-19)18-4-3-9-24-18/h3-10,12H,1,11H2,2H3. The van der Waals surface area contributed by atoms with Crippen molar-refractivity contribution >= 4 is 22.6 Å². The number of nitrogens with zero attached hydrogens (tertiary/aromatic N) is 2. The molecule has 4 aromatic rings. The summed E-state index contributed by atoms with van der Waals surface area (Å²) in [5.41, 5.74) is 3.78. The molecule has 0 aliphatic heterocycles. The van der Waals surface area contributed by atoms with Crippen LogP contribution in [-0.4, -0.2) is 22.3 Å². The van der Waals surface area contributed by atoms with E-state index in [9.17, 15) is 4.79 Å². The smallest absolute Gasteiger partial charge is 0.195 e. The lowest BCUT2D eigenvalue weighted by Gasteiger charge is -2.06. The molecule has 0 radical (unpaired) electrons. The largest absolute Gasteiger partial charge is 0.489 e. The molecule has 1 aromatic carbocycles. The van der Waals surface area contributed by atoms with Crippen molar-refractivity contribution in [2.24, 2.45) is 0 Å². The van der Waals surface area contributed by atoms with Crippen LogP contribution >= 0.6 is 11.3 Å². The predicted molar refractivity (Wildman–Crippen MR) is 102 cm³/mol. The maximum atomic E-state index is 11.8. The third-order valence-electron chi connectivity index (χ3n) is 3.90. The van der Waals surface area contributed by atoms with E-state index in [1.165, 1.54) is 11.3 Å². The minimum atomic E-state index is 0.478. The molecule has 0 saturated carbocycles. The fourth-order valence-corrected chi connectivity index (χ4v) is 3.60. The van der Waals surface area contributed by atoms with E-state index < -0.39 is 0 Å². The number of rotatable bonds is 6. The van der Waals surface area contributed by atoms with Crippen LogP contribution in [0.4, 0.5) is 0 Å². The van der Waals surface area contributed by atoms with E-state index in [-0.39, 0.29) is 0 Å². The monoisotopic (exact) mass is 364 g/mol. The van der Waals surface area contributed by atoms with Crippen molar-refractivity contribution in [3.8, 4) is 28.5 Å².